The van der Waals surface area contributed by atoms with Gasteiger partial charge in [-0.2, -0.15) is 0 Å². The number of rotatable bonds is 2. The summed E-state index contributed by atoms with van der Waals surface area (Å²) in [6, 6.07) is 9.18. The molecule has 0 aromatic heterocycles. The molecule has 0 amide bonds. The molecule has 3 N–H and O–H groups in total. The molecule has 2 nitrogen and oxygen atoms in total. The quantitative estimate of drug-likeness (QED) is 0.786. The number of nitrogens with two attached hydrogens (primary N) is 1. The topological polar surface area (TPSA) is 46.2 Å². The number of hydrogen-bond acceptors (Lipinski definition) is 2. The van der Waals surface area contributed by atoms with Crippen LogP contribution in [0.1, 0.15) is 5.56 Å². The summed E-state index contributed by atoms with van der Waals surface area (Å²) in [6.07, 6.45) is 0. The number of anilines is 1. The van der Waals surface area contributed by atoms with Crippen LogP contribution in [0.2, 0.25) is 0 Å². The standard InChI is InChI=1S/C13H11F2NO/c14-11-5-4-10(12(15)13(11)16)9-3-1-2-8(6-9)7-17/h1-6,17H,7,16H2. The van der Waals surface area contributed by atoms with Crippen molar-refractivity contribution in [2.45, 2.75) is 6.61 Å². The van der Waals surface area contributed by atoms with Crippen LogP contribution in [0.5, 0.6) is 0 Å². The van der Waals surface area contributed by atoms with Crippen LogP contribution in [0.15, 0.2) is 36.4 Å². The third kappa shape index (κ3) is 2.12. The van der Waals surface area contributed by atoms with E-state index < -0.39 is 17.3 Å². The molecular weight excluding hydrogens is 224 g/mol. The minimum absolute atomic E-state index is 0.133. The second-order valence-corrected chi connectivity index (χ2v) is 3.68. The highest BCUT2D eigenvalue weighted by Crippen LogP contribution is 2.28. The second kappa shape index (κ2) is 4.51. The highest BCUT2D eigenvalue weighted by molar-refractivity contribution is 5.69. The van der Waals surface area contributed by atoms with Gasteiger partial charge in [-0.1, -0.05) is 18.2 Å². The average Bonchev–Trinajstić information content (AvgIpc) is 2.36. The summed E-state index contributed by atoms with van der Waals surface area (Å²) in [7, 11) is 0. The summed E-state index contributed by atoms with van der Waals surface area (Å²) in [5, 5.41) is 9.00. The fraction of sp³-hybridized carbons (Fsp3) is 0.0769. The van der Waals surface area contributed by atoms with Crippen LogP contribution in [-0.2, 0) is 6.61 Å². The molecule has 2 aromatic carbocycles. The van der Waals surface area contributed by atoms with Gasteiger partial charge in [0.15, 0.2) is 5.82 Å². The van der Waals surface area contributed by atoms with E-state index in [1.807, 2.05) is 0 Å². The summed E-state index contributed by atoms with van der Waals surface area (Å²) in [5.74, 6) is -1.55. The predicted octanol–water partition coefficient (Wildman–Crippen LogP) is 2.71. The maximum Gasteiger partial charge on any atom is 0.156 e. The van der Waals surface area contributed by atoms with Crippen molar-refractivity contribution in [2.75, 3.05) is 5.73 Å². The molecule has 0 fully saturated rings. The van der Waals surface area contributed by atoms with Gasteiger partial charge >= 0.3 is 0 Å². The zero-order chi connectivity index (χ0) is 12.4. The summed E-state index contributed by atoms with van der Waals surface area (Å²) < 4.78 is 26.8. The van der Waals surface area contributed by atoms with Gasteiger partial charge in [-0.05, 0) is 29.3 Å². The molecule has 4 heteroatoms. The Morgan fingerprint density at radius 1 is 1.12 bits per heavy atom. The zero-order valence-corrected chi connectivity index (χ0v) is 8.95. The normalized spacial score (nSPS) is 10.5. The number of halogens is 2. The molecule has 0 bridgehead atoms. The molecule has 0 saturated carbocycles. The van der Waals surface area contributed by atoms with Gasteiger partial charge in [0, 0.05) is 5.56 Å². The van der Waals surface area contributed by atoms with Crippen molar-refractivity contribution < 1.29 is 13.9 Å². The van der Waals surface area contributed by atoms with E-state index in [0.717, 1.165) is 6.07 Å². The first-order valence-corrected chi connectivity index (χ1v) is 5.07. The molecule has 0 saturated heterocycles. The molecule has 0 spiro atoms. The molecule has 0 aliphatic carbocycles. The van der Waals surface area contributed by atoms with Crippen LogP contribution in [0.3, 0.4) is 0 Å². The van der Waals surface area contributed by atoms with Gasteiger partial charge in [0.05, 0.1) is 6.61 Å². The molecule has 2 rings (SSSR count). The summed E-state index contributed by atoms with van der Waals surface area (Å²) in [6.45, 7) is -0.133. The largest absolute Gasteiger partial charge is 0.394 e. The van der Waals surface area contributed by atoms with Gasteiger partial charge in [0.1, 0.15) is 11.5 Å². The van der Waals surface area contributed by atoms with Gasteiger partial charge < -0.3 is 10.8 Å². The molecule has 0 atom stereocenters. The highest BCUT2D eigenvalue weighted by atomic mass is 19.1. The van der Waals surface area contributed by atoms with Crippen molar-refractivity contribution in [1.82, 2.24) is 0 Å². The van der Waals surface area contributed by atoms with E-state index in [2.05, 4.69) is 0 Å². The van der Waals surface area contributed by atoms with Crippen LogP contribution in [-0.4, -0.2) is 5.11 Å². The fourth-order valence-corrected chi connectivity index (χ4v) is 1.63. The Hall–Kier alpha value is -1.94. The monoisotopic (exact) mass is 235 g/mol. The maximum absolute atomic E-state index is 13.8. The lowest BCUT2D eigenvalue weighted by Crippen LogP contribution is -1.97. The Morgan fingerprint density at radius 3 is 2.59 bits per heavy atom. The van der Waals surface area contributed by atoms with E-state index in [1.165, 1.54) is 6.07 Å². The Kier molecular flexibility index (Phi) is 3.06. The van der Waals surface area contributed by atoms with E-state index in [4.69, 9.17) is 10.8 Å². The summed E-state index contributed by atoms with van der Waals surface area (Å²) in [4.78, 5) is 0. The van der Waals surface area contributed by atoms with Gasteiger partial charge in [-0.3, -0.25) is 0 Å². The molecule has 0 radical (unpaired) electrons. The first kappa shape index (κ1) is 11.5. The van der Waals surface area contributed by atoms with Crippen LogP contribution in [0.4, 0.5) is 14.5 Å². The Balaban J connectivity index is 2.56. The molecule has 0 heterocycles. The smallest absolute Gasteiger partial charge is 0.156 e. The minimum atomic E-state index is -0.778. The number of hydrogen-bond donors (Lipinski definition) is 2. The van der Waals surface area contributed by atoms with Crippen LogP contribution in [0, 0.1) is 11.6 Å². The van der Waals surface area contributed by atoms with E-state index >= 15 is 0 Å². The lowest BCUT2D eigenvalue weighted by molar-refractivity contribution is 0.282. The molecule has 0 aliphatic rings. The zero-order valence-electron chi connectivity index (χ0n) is 8.95. The van der Waals surface area contributed by atoms with E-state index in [1.54, 1.807) is 24.3 Å². The highest BCUT2D eigenvalue weighted by Gasteiger charge is 2.12. The average molecular weight is 235 g/mol. The minimum Gasteiger partial charge on any atom is -0.394 e. The lowest BCUT2D eigenvalue weighted by atomic mass is 10.0. The molecule has 17 heavy (non-hydrogen) atoms. The van der Waals surface area contributed by atoms with Crippen molar-refractivity contribution in [2.24, 2.45) is 0 Å². The SMILES string of the molecule is Nc1c(F)ccc(-c2cccc(CO)c2)c1F. The lowest BCUT2D eigenvalue weighted by Gasteiger charge is -2.07. The number of nitrogen functional groups attached to an aromatic ring is 1. The maximum atomic E-state index is 13.8. The third-order valence-electron chi connectivity index (χ3n) is 2.55. The number of aliphatic hydroxyl groups is 1. The van der Waals surface area contributed by atoms with Crippen molar-refractivity contribution in [3.05, 3.63) is 53.6 Å². The predicted molar refractivity (Wildman–Crippen MR) is 62.1 cm³/mol. The summed E-state index contributed by atoms with van der Waals surface area (Å²) in [5.41, 5.74) is 6.24. The number of aliphatic hydroxyl groups excluding tert-OH is 1. The second-order valence-electron chi connectivity index (χ2n) is 3.68. The van der Waals surface area contributed by atoms with Crippen molar-refractivity contribution in [3.8, 4) is 11.1 Å². The summed E-state index contributed by atoms with van der Waals surface area (Å²) >= 11 is 0. The van der Waals surface area contributed by atoms with Crippen LogP contribution in [0.25, 0.3) is 11.1 Å². The van der Waals surface area contributed by atoms with Crippen molar-refractivity contribution >= 4 is 5.69 Å². The third-order valence-corrected chi connectivity index (χ3v) is 2.55. The van der Waals surface area contributed by atoms with Gasteiger partial charge in [-0.25, -0.2) is 8.78 Å². The Bertz CT molecular complexity index is 555. The molecule has 88 valence electrons. The number of benzene rings is 2. The Labute approximate surface area is 97.3 Å². The van der Waals surface area contributed by atoms with E-state index in [-0.39, 0.29) is 12.2 Å². The molecule has 2 aromatic rings. The first-order chi connectivity index (χ1) is 8.13. The van der Waals surface area contributed by atoms with E-state index in [0.29, 0.717) is 11.1 Å². The van der Waals surface area contributed by atoms with Gasteiger partial charge in [0.2, 0.25) is 0 Å². The van der Waals surface area contributed by atoms with Crippen molar-refractivity contribution in [1.29, 1.82) is 0 Å². The van der Waals surface area contributed by atoms with Crippen LogP contribution < -0.4 is 5.73 Å². The Morgan fingerprint density at radius 2 is 1.88 bits per heavy atom. The fourth-order valence-electron chi connectivity index (χ4n) is 1.63. The van der Waals surface area contributed by atoms with Crippen LogP contribution >= 0.6 is 0 Å². The molecule has 0 unspecified atom stereocenters. The van der Waals surface area contributed by atoms with Crippen molar-refractivity contribution in [3.63, 3.8) is 0 Å². The molecule has 0 aliphatic heterocycles. The van der Waals surface area contributed by atoms with E-state index in [9.17, 15) is 8.78 Å². The molecular formula is C13H11F2NO. The first-order valence-electron chi connectivity index (χ1n) is 5.07. The van der Waals surface area contributed by atoms with Gasteiger partial charge in [-0.15, -0.1) is 0 Å². The van der Waals surface area contributed by atoms with Gasteiger partial charge in [0.25, 0.3) is 0 Å².